The third-order valence-corrected chi connectivity index (χ3v) is 4.75. The Bertz CT molecular complexity index is 832. The molecule has 1 aliphatic heterocycles. The summed E-state index contributed by atoms with van der Waals surface area (Å²) in [5.41, 5.74) is 9.62. The van der Waals surface area contributed by atoms with E-state index in [9.17, 15) is 4.79 Å². The SMILES string of the molecule is CN=C(NCc1cccc(C(N)=O)c1)N1CCC(=Cc2ccccc2)CC1. The zero-order valence-electron chi connectivity index (χ0n) is 15.7. The number of aliphatic imine (C=N–C) groups is 1. The number of hydrogen-bond donors (Lipinski definition) is 2. The first-order valence-electron chi connectivity index (χ1n) is 9.24. The summed E-state index contributed by atoms with van der Waals surface area (Å²) in [5, 5.41) is 3.39. The number of carbonyl (C=O) groups is 1. The minimum atomic E-state index is -0.407. The molecule has 140 valence electrons. The van der Waals surface area contributed by atoms with E-state index in [0.29, 0.717) is 12.1 Å². The molecule has 0 unspecified atom stereocenters. The Balaban J connectivity index is 1.56. The highest BCUT2D eigenvalue weighted by molar-refractivity contribution is 5.92. The van der Waals surface area contributed by atoms with Crippen molar-refractivity contribution < 1.29 is 4.79 Å². The summed E-state index contributed by atoms with van der Waals surface area (Å²) >= 11 is 0. The lowest BCUT2D eigenvalue weighted by Crippen LogP contribution is -2.44. The molecule has 1 amide bonds. The van der Waals surface area contributed by atoms with Gasteiger partial charge in [0.25, 0.3) is 0 Å². The van der Waals surface area contributed by atoms with Crippen LogP contribution >= 0.6 is 0 Å². The number of hydrogen-bond acceptors (Lipinski definition) is 2. The van der Waals surface area contributed by atoms with Gasteiger partial charge in [0.05, 0.1) is 0 Å². The number of likely N-dealkylation sites (tertiary alicyclic amines) is 1. The van der Waals surface area contributed by atoms with E-state index in [0.717, 1.165) is 37.5 Å². The van der Waals surface area contributed by atoms with Crippen molar-refractivity contribution in [3.05, 3.63) is 76.9 Å². The van der Waals surface area contributed by atoms with Crippen molar-refractivity contribution in [2.24, 2.45) is 10.7 Å². The molecule has 0 saturated carbocycles. The van der Waals surface area contributed by atoms with Gasteiger partial charge in [-0.25, -0.2) is 0 Å². The van der Waals surface area contributed by atoms with Gasteiger partial charge in [-0.15, -0.1) is 0 Å². The molecule has 0 aliphatic carbocycles. The van der Waals surface area contributed by atoms with Crippen LogP contribution in [0.5, 0.6) is 0 Å². The van der Waals surface area contributed by atoms with Crippen LogP contribution in [0.25, 0.3) is 6.08 Å². The van der Waals surface area contributed by atoms with Crippen LogP contribution in [0.1, 0.15) is 34.3 Å². The molecule has 3 rings (SSSR count). The van der Waals surface area contributed by atoms with Crippen LogP contribution in [-0.4, -0.2) is 36.9 Å². The highest BCUT2D eigenvalue weighted by Crippen LogP contribution is 2.19. The monoisotopic (exact) mass is 362 g/mol. The largest absolute Gasteiger partial charge is 0.366 e. The first-order chi connectivity index (χ1) is 13.2. The quantitative estimate of drug-likeness (QED) is 0.649. The number of nitrogens with two attached hydrogens (primary N) is 1. The molecule has 1 aliphatic rings. The molecule has 27 heavy (non-hydrogen) atoms. The summed E-state index contributed by atoms with van der Waals surface area (Å²) in [6.07, 6.45) is 4.36. The van der Waals surface area contributed by atoms with E-state index in [-0.39, 0.29) is 0 Å². The minimum Gasteiger partial charge on any atom is -0.366 e. The van der Waals surface area contributed by atoms with Gasteiger partial charge in [-0.3, -0.25) is 9.79 Å². The van der Waals surface area contributed by atoms with Crippen molar-refractivity contribution in [1.82, 2.24) is 10.2 Å². The van der Waals surface area contributed by atoms with E-state index in [2.05, 4.69) is 45.6 Å². The van der Waals surface area contributed by atoms with Crippen molar-refractivity contribution in [1.29, 1.82) is 0 Å². The molecule has 0 atom stereocenters. The van der Waals surface area contributed by atoms with Crippen molar-refractivity contribution in [3.63, 3.8) is 0 Å². The van der Waals surface area contributed by atoms with E-state index >= 15 is 0 Å². The molecule has 1 heterocycles. The molecule has 5 heteroatoms. The smallest absolute Gasteiger partial charge is 0.248 e. The molecule has 3 N–H and O–H groups in total. The average Bonchev–Trinajstić information content (AvgIpc) is 2.70. The van der Waals surface area contributed by atoms with E-state index in [1.54, 1.807) is 13.1 Å². The van der Waals surface area contributed by atoms with Crippen molar-refractivity contribution in [3.8, 4) is 0 Å². The Morgan fingerprint density at radius 1 is 1.15 bits per heavy atom. The third-order valence-electron chi connectivity index (χ3n) is 4.75. The van der Waals surface area contributed by atoms with Gasteiger partial charge in [0.2, 0.25) is 5.91 Å². The highest BCUT2D eigenvalue weighted by atomic mass is 16.1. The van der Waals surface area contributed by atoms with Crippen LogP contribution in [0, 0.1) is 0 Å². The Morgan fingerprint density at radius 2 is 1.89 bits per heavy atom. The zero-order chi connectivity index (χ0) is 19.1. The standard InChI is InChI=1S/C22H26N4O/c1-24-22(25-16-19-8-5-9-20(15-19)21(23)27)26-12-10-18(11-13-26)14-17-6-3-2-4-7-17/h2-9,14-15H,10-13,16H2,1H3,(H2,23,27)(H,24,25). The summed E-state index contributed by atoms with van der Waals surface area (Å²) in [4.78, 5) is 18.0. The summed E-state index contributed by atoms with van der Waals surface area (Å²) in [7, 11) is 1.80. The lowest BCUT2D eigenvalue weighted by molar-refractivity contribution is 0.1000. The number of rotatable bonds is 4. The van der Waals surface area contributed by atoms with Gasteiger partial charge in [0, 0.05) is 32.2 Å². The van der Waals surface area contributed by atoms with E-state index < -0.39 is 5.91 Å². The third kappa shape index (κ3) is 5.20. The van der Waals surface area contributed by atoms with Crippen LogP contribution in [-0.2, 0) is 6.54 Å². The van der Waals surface area contributed by atoms with Crippen LogP contribution in [0.4, 0.5) is 0 Å². The van der Waals surface area contributed by atoms with Crippen molar-refractivity contribution >= 4 is 17.9 Å². The fourth-order valence-corrected chi connectivity index (χ4v) is 3.28. The van der Waals surface area contributed by atoms with Crippen LogP contribution in [0.3, 0.4) is 0 Å². The minimum absolute atomic E-state index is 0.407. The summed E-state index contributed by atoms with van der Waals surface area (Å²) in [6, 6.07) is 17.8. The topological polar surface area (TPSA) is 70.7 Å². The van der Waals surface area contributed by atoms with E-state index in [1.807, 2.05) is 24.3 Å². The maximum absolute atomic E-state index is 11.3. The molecule has 0 bridgehead atoms. The van der Waals surface area contributed by atoms with Crippen LogP contribution < -0.4 is 11.1 Å². The normalized spacial score (nSPS) is 14.8. The second-order valence-corrected chi connectivity index (χ2v) is 6.67. The van der Waals surface area contributed by atoms with Gasteiger partial charge >= 0.3 is 0 Å². The molecule has 2 aromatic rings. The maximum atomic E-state index is 11.3. The summed E-state index contributed by atoms with van der Waals surface area (Å²) < 4.78 is 0. The number of piperidine rings is 1. The number of guanidine groups is 1. The first-order valence-corrected chi connectivity index (χ1v) is 9.24. The zero-order valence-corrected chi connectivity index (χ0v) is 15.7. The van der Waals surface area contributed by atoms with Crippen LogP contribution in [0.15, 0.2) is 65.2 Å². The molecular weight excluding hydrogens is 336 g/mol. The maximum Gasteiger partial charge on any atom is 0.248 e. The highest BCUT2D eigenvalue weighted by Gasteiger charge is 2.17. The predicted molar refractivity (Wildman–Crippen MR) is 110 cm³/mol. The van der Waals surface area contributed by atoms with Gasteiger partial charge in [-0.2, -0.15) is 0 Å². The van der Waals surface area contributed by atoms with Crippen molar-refractivity contribution in [2.45, 2.75) is 19.4 Å². The number of carbonyl (C=O) groups excluding carboxylic acids is 1. The average molecular weight is 362 g/mol. The Labute approximate surface area is 160 Å². The molecule has 5 nitrogen and oxygen atoms in total. The van der Waals surface area contributed by atoms with Gasteiger partial charge in [-0.05, 0) is 36.1 Å². The fraction of sp³-hybridized carbons (Fsp3) is 0.273. The van der Waals surface area contributed by atoms with Crippen LogP contribution in [0.2, 0.25) is 0 Å². The molecule has 0 aromatic heterocycles. The Morgan fingerprint density at radius 3 is 2.56 bits per heavy atom. The number of nitrogens with zero attached hydrogens (tertiary/aromatic N) is 2. The number of primary amides is 1. The number of benzene rings is 2. The van der Waals surface area contributed by atoms with Gasteiger partial charge in [0.15, 0.2) is 5.96 Å². The summed E-state index contributed by atoms with van der Waals surface area (Å²) in [6.45, 7) is 2.50. The molecular formula is C22H26N4O. The molecule has 1 fully saturated rings. The lowest BCUT2D eigenvalue weighted by atomic mass is 10.0. The summed E-state index contributed by atoms with van der Waals surface area (Å²) in [5.74, 6) is 0.480. The second kappa shape index (κ2) is 9.03. The number of amides is 1. The lowest BCUT2D eigenvalue weighted by Gasteiger charge is -2.31. The Hall–Kier alpha value is -3.08. The van der Waals surface area contributed by atoms with Gasteiger partial charge in [-0.1, -0.05) is 54.1 Å². The fourth-order valence-electron chi connectivity index (χ4n) is 3.28. The van der Waals surface area contributed by atoms with Gasteiger partial charge < -0.3 is 16.0 Å². The molecule has 0 radical (unpaired) electrons. The van der Waals surface area contributed by atoms with Crippen molar-refractivity contribution in [2.75, 3.05) is 20.1 Å². The van der Waals surface area contributed by atoms with E-state index in [1.165, 1.54) is 11.1 Å². The second-order valence-electron chi connectivity index (χ2n) is 6.67. The Kier molecular flexibility index (Phi) is 6.26. The molecule has 1 saturated heterocycles. The van der Waals surface area contributed by atoms with E-state index in [4.69, 9.17) is 5.73 Å². The number of nitrogens with one attached hydrogen (secondary N) is 1. The first kappa shape index (κ1) is 18.7. The van der Waals surface area contributed by atoms with Gasteiger partial charge in [0.1, 0.15) is 0 Å². The molecule has 2 aromatic carbocycles. The molecule has 0 spiro atoms. The predicted octanol–water partition coefficient (Wildman–Crippen LogP) is 3.04.